The number of rotatable bonds is 6. The first-order valence-corrected chi connectivity index (χ1v) is 7.08. The number of furan rings is 2. The second kappa shape index (κ2) is 6.41. The van der Waals surface area contributed by atoms with E-state index in [1.165, 1.54) is 0 Å². The van der Waals surface area contributed by atoms with E-state index in [9.17, 15) is 5.11 Å². The number of nitrogens with one attached hydrogen (secondary N) is 1. The molecule has 2 rings (SSSR count). The summed E-state index contributed by atoms with van der Waals surface area (Å²) >= 11 is 3.29. The van der Waals surface area contributed by atoms with Crippen molar-refractivity contribution in [3.63, 3.8) is 0 Å². The van der Waals surface area contributed by atoms with Gasteiger partial charge in [-0.15, -0.1) is 0 Å². The van der Waals surface area contributed by atoms with Crippen molar-refractivity contribution < 1.29 is 13.9 Å². The molecule has 0 aromatic carbocycles. The van der Waals surface area contributed by atoms with Crippen LogP contribution in [0.4, 0.5) is 0 Å². The highest BCUT2D eigenvalue weighted by molar-refractivity contribution is 9.10. The minimum atomic E-state index is -0.590. The molecule has 3 atom stereocenters. The molecule has 0 fully saturated rings. The van der Waals surface area contributed by atoms with E-state index in [-0.39, 0.29) is 12.1 Å². The average molecular weight is 328 g/mol. The Bertz CT molecular complexity index is 495. The Morgan fingerprint density at radius 3 is 2.63 bits per heavy atom. The second-order valence-corrected chi connectivity index (χ2v) is 5.48. The SMILES string of the molecule is C[C@H](C[C@H](O)c1ccco1)N[C@H](C)c1ccc(Br)o1. The fraction of sp³-hybridized carbons (Fsp3) is 0.429. The van der Waals surface area contributed by atoms with E-state index in [4.69, 9.17) is 8.83 Å². The molecule has 2 aromatic heterocycles. The summed E-state index contributed by atoms with van der Waals surface area (Å²) in [5.41, 5.74) is 0. The number of hydrogen-bond acceptors (Lipinski definition) is 4. The van der Waals surface area contributed by atoms with Crippen LogP contribution in [0.3, 0.4) is 0 Å². The van der Waals surface area contributed by atoms with Crippen LogP contribution in [0.15, 0.2) is 44.0 Å². The smallest absolute Gasteiger partial charge is 0.169 e. The van der Waals surface area contributed by atoms with Gasteiger partial charge >= 0.3 is 0 Å². The van der Waals surface area contributed by atoms with Gasteiger partial charge in [0.15, 0.2) is 4.67 Å². The molecule has 0 spiro atoms. The van der Waals surface area contributed by atoms with Gasteiger partial charge in [-0.25, -0.2) is 0 Å². The minimum Gasteiger partial charge on any atom is -0.467 e. The molecular weight excluding hydrogens is 310 g/mol. The molecule has 104 valence electrons. The van der Waals surface area contributed by atoms with Gasteiger partial charge in [-0.3, -0.25) is 0 Å². The maximum Gasteiger partial charge on any atom is 0.169 e. The molecule has 0 unspecified atom stereocenters. The van der Waals surface area contributed by atoms with Gasteiger partial charge in [0.2, 0.25) is 0 Å². The Hall–Kier alpha value is -1.04. The molecule has 0 amide bonds. The van der Waals surface area contributed by atoms with Crippen molar-refractivity contribution in [1.82, 2.24) is 5.32 Å². The standard InChI is InChI=1S/C14H18BrNO3/c1-9(8-11(17)13-4-3-7-18-13)16-10(2)12-5-6-14(15)19-12/h3-7,9-11,16-17H,8H2,1-2H3/t9-,10-,11+/m1/s1. The molecule has 19 heavy (non-hydrogen) atoms. The van der Waals surface area contributed by atoms with Crippen LogP contribution in [-0.2, 0) is 0 Å². The molecule has 2 aromatic rings. The molecular formula is C14H18BrNO3. The third-order valence-corrected chi connectivity index (χ3v) is 3.43. The molecule has 5 heteroatoms. The zero-order valence-electron chi connectivity index (χ0n) is 11.0. The third-order valence-electron chi connectivity index (χ3n) is 3.00. The average Bonchev–Trinajstić information content (AvgIpc) is 2.98. The maximum atomic E-state index is 10.0. The quantitative estimate of drug-likeness (QED) is 0.847. The number of hydrogen-bond donors (Lipinski definition) is 2. The summed E-state index contributed by atoms with van der Waals surface area (Å²) in [6, 6.07) is 7.58. The molecule has 0 aliphatic rings. The van der Waals surface area contributed by atoms with E-state index in [1.807, 2.05) is 26.0 Å². The monoisotopic (exact) mass is 327 g/mol. The van der Waals surface area contributed by atoms with Crippen LogP contribution in [0.5, 0.6) is 0 Å². The minimum absolute atomic E-state index is 0.0881. The van der Waals surface area contributed by atoms with E-state index in [2.05, 4.69) is 21.2 Å². The van der Waals surface area contributed by atoms with Crippen molar-refractivity contribution in [1.29, 1.82) is 0 Å². The summed E-state index contributed by atoms with van der Waals surface area (Å²) < 4.78 is 11.4. The molecule has 0 aliphatic carbocycles. The van der Waals surface area contributed by atoms with Crippen molar-refractivity contribution in [3.05, 3.63) is 46.7 Å². The van der Waals surface area contributed by atoms with E-state index >= 15 is 0 Å². The number of aliphatic hydroxyl groups is 1. The van der Waals surface area contributed by atoms with Gasteiger partial charge < -0.3 is 19.3 Å². The van der Waals surface area contributed by atoms with Crippen LogP contribution in [0.25, 0.3) is 0 Å². The summed E-state index contributed by atoms with van der Waals surface area (Å²) in [5.74, 6) is 1.47. The van der Waals surface area contributed by atoms with E-state index in [0.717, 1.165) is 10.4 Å². The molecule has 0 radical (unpaired) electrons. The topological polar surface area (TPSA) is 58.5 Å². The van der Waals surface area contributed by atoms with Crippen molar-refractivity contribution in [3.8, 4) is 0 Å². The Morgan fingerprint density at radius 2 is 2.05 bits per heavy atom. The first kappa shape index (κ1) is 14.4. The summed E-state index contributed by atoms with van der Waals surface area (Å²) in [6.45, 7) is 4.06. The van der Waals surface area contributed by atoms with Crippen molar-refractivity contribution in [2.75, 3.05) is 0 Å². The lowest BCUT2D eigenvalue weighted by Gasteiger charge is -2.20. The highest BCUT2D eigenvalue weighted by Crippen LogP contribution is 2.23. The molecule has 2 N–H and O–H groups in total. The molecule has 0 saturated carbocycles. The zero-order chi connectivity index (χ0) is 13.8. The summed E-state index contributed by atoms with van der Waals surface area (Å²) in [4.78, 5) is 0. The molecule has 0 aliphatic heterocycles. The Labute approximate surface area is 120 Å². The largest absolute Gasteiger partial charge is 0.467 e. The van der Waals surface area contributed by atoms with Crippen LogP contribution in [0.1, 0.15) is 43.9 Å². The highest BCUT2D eigenvalue weighted by atomic mass is 79.9. The van der Waals surface area contributed by atoms with Crippen LogP contribution >= 0.6 is 15.9 Å². The number of aliphatic hydroxyl groups excluding tert-OH is 1. The zero-order valence-corrected chi connectivity index (χ0v) is 12.6. The van der Waals surface area contributed by atoms with Gasteiger partial charge in [-0.05, 0) is 60.5 Å². The van der Waals surface area contributed by atoms with Crippen LogP contribution in [0.2, 0.25) is 0 Å². The normalized spacial score (nSPS) is 16.2. The lowest BCUT2D eigenvalue weighted by Crippen LogP contribution is -2.30. The summed E-state index contributed by atoms with van der Waals surface area (Å²) in [7, 11) is 0. The van der Waals surface area contributed by atoms with Gasteiger partial charge in [0.1, 0.15) is 17.6 Å². The fourth-order valence-corrected chi connectivity index (χ4v) is 2.39. The van der Waals surface area contributed by atoms with E-state index in [0.29, 0.717) is 12.2 Å². The summed E-state index contributed by atoms with van der Waals surface area (Å²) in [6.07, 6.45) is 1.56. The van der Waals surface area contributed by atoms with Crippen molar-refractivity contribution in [2.24, 2.45) is 0 Å². The third kappa shape index (κ3) is 3.96. The highest BCUT2D eigenvalue weighted by Gasteiger charge is 2.18. The Kier molecular flexibility index (Phi) is 4.85. The van der Waals surface area contributed by atoms with Gasteiger partial charge in [0.05, 0.1) is 12.3 Å². The molecule has 0 bridgehead atoms. The van der Waals surface area contributed by atoms with Crippen LogP contribution in [-0.4, -0.2) is 11.1 Å². The second-order valence-electron chi connectivity index (χ2n) is 4.70. The van der Waals surface area contributed by atoms with Gasteiger partial charge in [0.25, 0.3) is 0 Å². The Balaban J connectivity index is 1.85. The first-order chi connectivity index (χ1) is 9.06. The van der Waals surface area contributed by atoms with E-state index in [1.54, 1.807) is 18.4 Å². The number of halogens is 1. The van der Waals surface area contributed by atoms with Gasteiger partial charge in [-0.1, -0.05) is 0 Å². The lowest BCUT2D eigenvalue weighted by atomic mass is 10.1. The van der Waals surface area contributed by atoms with Crippen LogP contribution in [0, 0.1) is 0 Å². The van der Waals surface area contributed by atoms with E-state index < -0.39 is 6.10 Å². The lowest BCUT2D eigenvalue weighted by molar-refractivity contribution is 0.126. The maximum absolute atomic E-state index is 10.0. The summed E-state index contributed by atoms with van der Waals surface area (Å²) in [5, 5.41) is 13.4. The van der Waals surface area contributed by atoms with Crippen LogP contribution < -0.4 is 5.32 Å². The predicted octanol–water partition coefficient (Wildman–Crippen LogP) is 3.80. The molecule has 4 nitrogen and oxygen atoms in total. The van der Waals surface area contributed by atoms with Crippen molar-refractivity contribution in [2.45, 2.75) is 38.5 Å². The van der Waals surface area contributed by atoms with Crippen molar-refractivity contribution >= 4 is 15.9 Å². The molecule has 0 saturated heterocycles. The van der Waals surface area contributed by atoms with Gasteiger partial charge in [0, 0.05) is 6.04 Å². The fourth-order valence-electron chi connectivity index (χ4n) is 2.07. The Morgan fingerprint density at radius 1 is 1.26 bits per heavy atom. The molecule has 2 heterocycles. The van der Waals surface area contributed by atoms with Gasteiger partial charge in [-0.2, -0.15) is 0 Å². The first-order valence-electron chi connectivity index (χ1n) is 6.29. The predicted molar refractivity (Wildman–Crippen MR) is 75.7 cm³/mol.